The smallest absolute Gasteiger partial charge is 0.256 e. The van der Waals surface area contributed by atoms with Gasteiger partial charge in [0, 0.05) is 13.3 Å². The summed E-state index contributed by atoms with van der Waals surface area (Å²) in [5.41, 5.74) is 1.12. The predicted octanol–water partition coefficient (Wildman–Crippen LogP) is 0.977. The minimum Gasteiger partial charge on any atom is -0.546 e. The number of hydrogen-bond acceptors (Lipinski definition) is 2. The van der Waals surface area contributed by atoms with Gasteiger partial charge >= 0.3 is 0 Å². The van der Waals surface area contributed by atoms with Gasteiger partial charge in [-0.2, -0.15) is 0 Å². The molecule has 0 unspecified atom stereocenters. The molecule has 0 saturated carbocycles. The third-order valence-corrected chi connectivity index (χ3v) is 3.28. The Balaban J connectivity index is 2.80. The van der Waals surface area contributed by atoms with Crippen molar-refractivity contribution in [2.24, 2.45) is 0 Å². The van der Waals surface area contributed by atoms with Gasteiger partial charge < -0.3 is 9.90 Å². The van der Waals surface area contributed by atoms with Crippen LogP contribution in [0.2, 0.25) is 0 Å². The first-order chi connectivity index (χ1) is 8.60. The molecule has 0 aliphatic rings. The largest absolute Gasteiger partial charge is 0.546 e. The third-order valence-electron chi connectivity index (χ3n) is 3.28. The topological polar surface area (TPSA) is 48.9 Å². The van der Waals surface area contributed by atoms with Gasteiger partial charge in [-0.05, 0) is 13.3 Å². The van der Waals surface area contributed by atoms with Gasteiger partial charge in [-0.15, -0.1) is 0 Å². The molecule has 0 atom stereocenters. The quantitative estimate of drug-likeness (QED) is 0.511. The second-order valence-corrected chi connectivity index (χ2v) is 4.74. The SMILES string of the molecule is CCCCCCc1n(CC)c(C)c[n+]1CC(=O)[O-]. The monoisotopic (exact) mass is 252 g/mol. The van der Waals surface area contributed by atoms with Crippen molar-refractivity contribution < 1.29 is 14.5 Å². The van der Waals surface area contributed by atoms with Crippen molar-refractivity contribution in [3.8, 4) is 0 Å². The van der Waals surface area contributed by atoms with Gasteiger partial charge in [-0.3, -0.25) is 0 Å². The van der Waals surface area contributed by atoms with Crippen LogP contribution in [0, 0.1) is 6.92 Å². The van der Waals surface area contributed by atoms with Crippen LogP contribution in [0.4, 0.5) is 0 Å². The molecule has 1 heterocycles. The lowest BCUT2D eigenvalue weighted by molar-refractivity contribution is -0.697. The maximum Gasteiger partial charge on any atom is 0.256 e. The van der Waals surface area contributed by atoms with E-state index in [2.05, 4.69) is 18.4 Å². The molecule has 1 aromatic heterocycles. The van der Waals surface area contributed by atoms with Crippen molar-refractivity contribution in [2.75, 3.05) is 0 Å². The van der Waals surface area contributed by atoms with Crippen LogP contribution in [-0.4, -0.2) is 10.5 Å². The highest BCUT2D eigenvalue weighted by Gasteiger charge is 2.19. The second-order valence-electron chi connectivity index (χ2n) is 4.74. The molecular weight excluding hydrogens is 228 g/mol. The van der Waals surface area contributed by atoms with Crippen molar-refractivity contribution in [3.05, 3.63) is 17.7 Å². The Labute approximate surface area is 109 Å². The van der Waals surface area contributed by atoms with Crippen molar-refractivity contribution in [3.63, 3.8) is 0 Å². The van der Waals surface area contributed by atoms with Gasteiger partial charge in [0.2, 0.25) is 0 Å². The van der Waals surface area contributed by atoms with E-state index in [1.54, 1.807) is 0 Å². The lowest BCUT2D eigenvalue weighted by Crippen LogP contribution is -2.45. The number of imidazole rings is 1. The number of carbonyl (C=O) groups is 1. The standard InChI is InChI=1S/C14H24N2O2/c1-4-6-7-8-9-13-15(11-14(17)18)10-12(3)16(13)5-2/h10H,4-9,11H2,1-3H3. The molecule has 102 valence electrons. The van der Waals surface area contributed by atoms with E-state index in [0.717, 1.165) is 30.9 Å². The highest BCUT2D eigenvalue weighted by Crippen LogP contribution is 2.08. The molecule has 0 aliphatic carbocycles. The molecular formula is C14H24N2O2. The van der Waals surface area contributed by atoms with Crippen LogP contribution in [0.25, 0.3) is 0 Å². The Hall–Kier alpha value is -1.32. The summed E-state index contributed by atoms with van der Waals surface area (Å²) in [4.78, 5) is 10.8. The fraction of sp³-hybridized carbons (Fsp3) is 0.714. The molecule has 0 saturated heterocycles. The first-order valence-electron chi connectivity index (χ1n) is 6.88. The average Bonchev–Trinajstić information content (AvgIpc) is 2.59. The van der Waals surface area contributed by atoms with E-state index in [1.165, 1.54) is 19.3 Å². The number of aliphatic carboxylic acids is 1. The fourth-order valence-corrected chi connectivity index (χ4v) is 2.42. The van der Waals surface area contributed by atoms with E-state index in [4.69, 9.17) is 0 Å². The number of aromatic nitrogens is 2. The summed E-state index contributed by atoms with van der Waals surface area (Å²) in [6.45, 7) is 7.14. The molecule has 1 rings (SSSR count). The third kappa shape index (κ3) is 3.86. The van der Waals surface area contributed by atoms with Crippen molar-refractivity contribution in [2.45, 2.75) is 66.0 Å². The van der Waals surface area contributed by atoms with Crippen LogP contribution in [0.15, 0.2) is 6.20 Å². The minimum atomic E-state index is -1.02. The number of unbranched alkanes of at least 4 members (excludes halogenated alkanes) is 3. The van der Waals surface area contributed by atoms with Crippen LogP contribution in [0.3, 0.4) is 0 Å². The van der Waals surface area contributed by atoms with Crippen LogP contribution >= 0.6 is 0 Å². The Kier molecular flexibility index (Phi) is 5.89. The van der Waals surface area contributed by atoms with E-state index in [-0.39, 0.29) is 6.54 Å². The Morgan fingerprint density at radius 1 is 1.33 bits per heavy atom. The van der Waals surface area contributed by atoms with E-state index < -0.39 is 5.97 Å². The summed E-state index contributed by atoms with van der Waals surface area (Å²) >= 11 is 0. The van der Waals surface area contributed by atoms with Crippen LogP contribution in [-0.2, 0) is 24.3 Å². The zero-order valence-electron chi connectivity index (χ0n) is 11.7. The number of aryl methyl sites for hydroxylation is 1. The van der Waals surface area contributed by atoms with Crippen molar-refractivity contribution >= 4 is 5.97 Å². The Morgan fingerprint density at radius 2 is 2.06 bits per heavy atom. The lowest BCUT2D eigenvalue weighted by atomic mass is 10.1. The second kappa shape index (κ2) is 7.19. The Morgan fingerprint density at radius 3 is 2.61 bits per heavy atom. The zero-order valence-corrected chi connectivity index (χ0v) is 11.7. The fourth-order valence-electron chi connectivity index (χ4n) is 2.42. The van der Waals surface area contributed by atoms with Gasteiger partial charge in [0.25, 0.3) is 5.82 Å². The summed E-state index contributed by atoms with van der Waals surface area (Å²) in [7, 11) is 0. The van der Waals surface area contributed by atoms with Crippen molar-refractivity contribution in [1.82, 2.24) is 4.57 Å². The zero-order chi connectivity index (χ0) is 13.5. The van der Waals surface area contributed by atoms with Crippen LogP contribution < -0.4 is 9.67 Å². The summed E-state index contributed by atoms with van der Waals surface area (Å²) in [5.74, 6) is 0.0818. The van der Waals surface area contributed by atoms with Crippen molar-refractivity contribution in [1.29, 1.82) is 0 Å². The molecule has 0 radical (unpaired) electrons. The molecule has 4 heteroatoms. The first kappa shape index (κ1) is 14.7. The van der Waals surface area contributed by atoms with Gasteiger partial charge in [0.15, 0.2) is 0 Å². The molecule has 18 heavy (non-hydrogen) atoms. The Bertz CT molecular complexity index is 397. The summed E-state index contributed by atoms with van der Waals surface area (Å²) in [6.07, 6.45) is 7.63. The van der Waals surface area contributed by atoms with Crippen LogP contribution in [0.1, 0.15) is 51.0 Å². The van der Waals surface area contributed by atoms with E-state index in [9.17, 15) is 9.90 Å². The molecule has 0 aromatic carbocycles. The molecule has 0 fully saturated rings. The maximum atomic E-state index is 10.8. The molecule has 0 N–H and O–H groups in total. The summed E-state index contributed by atoms with van der Waals surface area (Å²) in [6, 6.07) is 0. The number of rotatable bonds is 8. The minimum absolute atomic E-state index is 0.0447. The number of carbonyl (C=O) groups excluding carboxylic acids is 1. The highest BCUT2D eigenvalue weighted by atomic mass is 16.4. The van der Waals surface area contributed by atoms with Gasteiger partial charge in [-0.1, -0.05) is 26.2 Å². The molecule has 0 aliphatic heterocycles. The lowest BCUT2D eigenvalue weighted by Gasteiger charge is -2.05. The number of nitrogens with zero attached hydrogens (tertiary/aromatic N) is 2. The maximum absolute atomic E-state index is 10.8. The summed E-state index contributed by atoms with van der Waals surface area (Å²) < 4.78 is 4.01. The average molecular weight is 252 g/mol. The molecule has 0 bridgehead atoms. The number of carboxylic acid groups (broad SMARTS) is 1. The number of carboxylic acids is 1. The van der Waals surface area contributed by atoms with Gasteiger partial charge in [0.1, 0.15) is 18.4 Å². The molecule has 1 aromatic rings. The molecule has 0 amide bonds. The van der Waals surface area contributed by atoms with Gasteiger partial charge in [0.05, 0.1) is 12.5 Å². The van der Waals surface area contributed by atoms with E-state index in [1.807, 2.05) is 17.7 Å². The summed E-state index contributed by atoms with van der Waals surface area (Å²) in [5, 5.41) is 10.8. The molecule has 0 spiro atoms. The predicted molar refractivity (Wildman–Crippen MR) is 67.9 cm³/mol. The highest BCUT2D eigenvalue weighted by molar-refractivity contribution is 5.62. The van der Waals surface area contributed by atoms with E-state index in [0.29, 0.717) is 0 Å². The number of hydrogen-bond donors (Lipinski definition) is 0. The van der Waals surface area contributed by atoms with E-state index >= 15 is 0 Å². The van der Waals surface area contributed by atoms with Gasteiger partial charge in [-0.25, -0.2) is 9.13 Å². The normalized spacial score (nSPS) is 10.8. The van der Waals surface area contributed by atoms with Crippen LogP contribution in [0.5, 0.6) is 0 Å². The molecule has 4 nitrogen and oxygen atoms in total. The first-order valence-corrected chi connectivity index (χ1v) is 6.88.